The van der Waals surface area contributed by atoms with E-state index in [1.807, 2.05) is 38.1 Å². The zero-order valence-corrected chi connectivity index (χ0v) is 14.7. The average molecular weight is 345 g/mol. The second-order valence-corrected chi connectivity index (χ2v) is 5.92. The third kappa shape index (κ3) is 5.22. The lowest BCUT2D eigenvalue weighted by Gasteiger charge is -2.08. The van der Waals surface area contributed by atoms with E-state index in [0.29, 0.717) is 17.9 Å². The van der Waals surface area contributed by atoms with E-state index in [1.165, 1.54) is 6.08 Å². The fraction of sp³-hybridized carbons (Fsp3) is 0.190. The van der Waals surface area contributed by atoms with Crippen molar-refractivity contribution in [2.24, 2.45) is 0 Å². The van der Waals surface area contributed by atoms with Gasteiger partial charge in [-0.1, -0.05) is 30.3 Å². The van der Waals surface area contributed by atoms with E-state index in [4.69, 9.17) is 15.3 Å². The topological polar surface area (TPSA) is 85.9 Å². The standard InChI is InChI=1S/C21H19N3O2/c1-15(2)24-21(25)19(13-23)11-16-7-9-20(10-8-16)26-14-18-6-4-3-5-17(18)12-22/h3-11,15H,14H2,1-2H3,(H,24,25)/b19-11-. The fourth-order valence-corrected chi connectivity index (χ4v) is 2.23. The van der Waals surface area contributed by atoms with Crippen LogP contribution in [-0.2, 0) is 11.4 Å². The van der Waals surface area contributed by atoms with Gasteiger partial charge in [-0.3, -0.25) is 4.79 Å². The van der Waals surface area contributed by atoms with Crippen LogP contribution in [0.1, 0.15) is 30.5 Å². The highest BCUT2D eigenvalue weighted by Gasteiger charge is 2.10. The molecule has 2 rings (SSSR count). The summed E-state index contributed by atoms with van der Waals surface area (Å²) in [5.74, 6) is 0.246. The van der Waals surface area contributed by atoms with Gasteiger partial charge < -0.3 is 10.1 Å². The summed E-state index contributed by atoms with van der Waals surface area (Å²) in [5.41, 5.74) is 2.18. The Kier molecular flexibility index (Phi) is 6.53. The molecule has 130 valence electrons. The van der Waals surface area contributed by atoms with Gasteiger partial charge in [0.25, 0.3) is 5.91 Å². The number of carbonyl (C=O) groups excluding carboxylic acids is 1. The Morgan fingerprint density at radius 2 is 1.85 bits per heavy atom. The molecule has 0 radical (unpaired) electrons. The lowest BCUT2D eigenvalue weighted by atomic mass is 10.1. The van der Waals surface area contributed by atoms with Crippen LogP contribution in [0.4, 0.5) is 0 Å². The zero-order valence-electron chi connectivity index (χ0n) is 14.7. The summed E-state index contributed by atoms with van der Waals surface area (Å²) in [6, 6.07) is 18.3. The zero-order chi connectivity index (χ0) is 18.9. The summed E-state index contributed by atoms with van der Waals surface area (Å²) in [4.78, 5) is 11.9. The highest BCUT2D eigenvalue weighted by atomic mass is 16.5. The lowest BCUT2D eigenvalue weighted by molar-refractivity contribution is -0.117. The Morgan fingerprint density at radius 1 is 1.15 bits per heavy atom. The maximum atomic E-state index is 11.9. The Balaban J connectivity index is 2.06. The van der Waals surface area contributed by atoms with E-state index in [-0.39, 0.29) is 11.6 Å². The average Bonchev–Trinajstić information content (AvgIpc) is 2.65. The van der Waals surface area contributed by atoms with Crippen molar-refractivity contribution < 1.29 is 9.53 Å². The van der Waals surface area contributed by atoms with Gasteiger partial charge >= 0.3 is 0 Å². The van der Waals surface area contributed by atoms with E-state index in [2.05, 4.69) is 11.4 Å². The molecule has 0 aliphatic rings. The molecular formula is C21H19N3O2. The number of ether oxygens (including phenoxy) is 1. The fourth-order valence-electron chi connectivity index (χ4n) is 2.23. The molecule has 1 amide bonds. The van der Waals surface area contributed by atoms with Gasteiger partial charge in [0.1, 0.15) is 24.0 Å². The molecule has 5 heteroatoms. The molecule has 0 saturated carbocycles. The van der Waals surface area contributed by atoms with Crippen molar-refractivity contribution in [1.29, 1.82) is 10.5 Å². The van der Waals surface area contributed by atoms with Crippen molar-refractivity contribution >= 4 is 12.0 Å². The quantitative estimate of drug-likeness (QED) is 0.640. The van der Waals surface area contributed by atoms with Crippen molar-refractivity contribution in [2.45, 2.75) is 26.5 Å². The van der Waals surface area contributed by atoms with Crippen LogP contribution in [0.2, 0.25) is 0 Å². The molecule has 0 aliphatic carbocycles. The van der Waals surface area contributed by atoms with Crippen LogP contribution in [0.25, 0.3) is 6.08 Å². The van der Waals surface area contributed by atoms with Gasteiger partial charge in [-0.15, -0.1) is 0 Å². The maximum Gasteiger partial charge on any atom is 0.262 e. The predicted molar refractivity (Wildman–Crippen MR) is 98.8 cm³/mol. The summed E-state index contributed by atoms with van der Waals surface area (Å²) in [6.07, 6.45) is 1.53. The predicted octanol–water partition coefficient (Wildman–Crippen LogP) is 3.57. The van der Waals surface area contributed by atoms with Crippen LogP contribution in [0.5, 0.6) is 5.75 Å². The number of benzene rings is 2. The summed E-state index contributed by atoms with van der Waals surface area (Å²) < 4.78 is 5.70. The van der Waals surface area contributed by atoms with Crippen LogP contribution < -0.4 is 10.1 Å². The molecule has 0 fully saturated rings. The molecule has 0 spiro atoms. The summed E-state index contributed by atoms with van der Waals surface area (Å²) in [5, 5.41) is 20.9. The summed E-state index contributed by atoms with van der Waals surface area (Å²) >= 11 is 0. The Labute approximate surface area is 153 Å². The second-order valence-electron chi connectivity index (χ2n) is 5.92. The minimum atomic E-state index is -0.393. The van der Waals surface area contributed by atoms with Crippen LogP contribution in [0, 0.1) is 22.7 Å². The second kappa shape index (κ2) is 9.05. The molecule has 0 aromatic heterocycles. The van der Waals surface area contributed by atoms with Crippen molar-refractivity contribution in [3.63, 3.8) is 0 Å². The molecule has 0 aliphatic heterocycles. The highest BCUT2D eigenvalue weighted by molar-refractivity contribution is 6.01. The lowest BCUT2D eigenvalue weighted by Crippen LogP contribution is -2.30. The third-order valence-electron chi connectivity index (χ3n) is 3.51. The van der Waals surface area contributed by atoms with Crippen LogP contribution in [0.15, 0.2) is 54.1 Å². The first-order valence-electron chi connectivity index (χ1n) is 8.17. The molecule has 0 heterocycles. The van der Waals surface area contributed by atoms with E-state index in [9.17, 15) is 4.79 Å². The van der Waals surface area contributed by atoms with Crippen molar-refractivity contribution in [2.75, 3.05) is 0 Å². The molecule has 5 nitrogen and oxygen atoms in total. The van der Waals surface area contributed by atoms with Crippen molar-refractivity contribution in [3.05, 3.63) is 70.8 Å². The van der Waals surface area contributed by atoms with Gasteiger partial charge in [0, 0.05) is 11.6 Å². The number of nitrogens with one attached hydrogen (secondary N) is 1. The molecule has 2 aromatic rings. The largest absolute Gasteiger partial charge is 0.489 e. The van der Waals surface area contributed by atoms with E-state index in [0.717, 1.165) is 11.1 Å². The van der Waals surface area contributed by atoms with Gasteiger partial charge in [0.2, 0.25) is 0 Å². The first-order chi connectivity index (χ1) is 12.5. The molecule has 0 atom stereocenters. The van der Waals surface area contributed by atoms with Gasteiger partial charge in [0.15, 0.2) is 0 Å². The first kappa shape index (κ1) is 18.8. The first-order valence-corrected chi connectivity index (χ1v) is 8.17. The number of nitrogens with zero attached hydrogens (tertiary/aromatic N) is 2. The van der Waals surface area contributed by atoms with Gasteiger partial charge in [-0.25, -0.2) is 0 Å². The number of hydrogen-bond acceptors (Lipinski definition) is 4. The molecule has 2 aromatic carbocycles. The molecule has 0 saturated heterocycles. The minimum Gasteiger partial charge on any atom is -0.489 e. The molecule has 1 N–H and O–H groups in total. The van der Waals surface area contributed by atoms with Crippen LogP contribution in [-0.4, -0.2) is 11.9 Å². The Morgan fingerprint density at radius 3 is 2.46 bits per heavy atom. The molecule has 0 bridgehead atoms. The minimum absolute atomic E-state index is 0.0358. The monoisotopic (exact) mass is 345 g/mol. The number of rotatable bonds is 6. The third-order valence-corrected chi connectivity index (χ3v) is 3.51. The number of carbonyl (C=O) groups is 1. The van der Waals surface area contributed by atoms with Crippen LogP contribution in [0.3, 0.4) is 0 Å². The van der Waals surface area contributed by atoms with Crippen molar-refractivity contribution in [3.8, 4) is 17.9 Å². The number of hydrogen-bond donors (Lipinski definition) is 1. The van der Waals surface area contributed by atoms with E-state index in [1.54, 1.807) is 30.3 Å². The SMILES string of the molecule is CC(C)NC(=O)/C(C#N)=C\c1ccc(OCc2ccccc2C#N)cc1. The molecular weight excluding hydrogens is 326 g/mol. The Bertz CT molecular complexity index is 885. The summed E-state index contributed by atoms with van der Waals surface area (Å²) in [6.45, 7) is 3.96. The highest BCUT2D eigenvalue weighted by Crippen LogP contribution is 2.17. The summed E-state index contributed by atoms with van der Waals surface area (Å²) in [7, 11) is 0. The van der Waals surface area contributed by atoms with Gasteiger partial charge in [-0.2, -0.15) is 10.5 Å². The Hall–Kier alpha value is -3.57. The smallest absolute Gasteiger partial charge is 0.262 e. The molecule has 26 heavy (non-hydrogen) atoms. The van der Waals surface area contributed by atoms with E-state index >= 15 is 0 Å². The van der Waals surface area contributed by atoms with Crippen LogP contribution >= 0.6 is 0 Å². The maximum absolute atomic E-state index is 11.9. The number of amides is 1. The van der Waals surface area contributed by atoms with E-state index < -0.39 is 5.91 Å². The van der Waals surface area contributed by atoms with Crippen molar-refractivity contribution in [1.82, 2.24) is 5.32 Å². The van der Waals surface area contributed by atoms with Gasteiger partial charge in [0.05, 0.1) is 11.6 Å². The van der Waals surface area contributed by atoms with Gasteiger partial charge in [-0.05, 0) is 43.7 Å². The normalized spacial score (nSPS) is 10.7. The molecule has 0 unspecified atom stereocenters. The number of nitriles is 2.